The lowest BCUT2D eigenvalue weighted by atomic mass is 10.2. The number of methoxy groups -OCH3 is 1. The lowest BCUT2D eigenvalue weighted by molar-refractivity contribution is 0.415. The van der Waals surface area contributed by atoms with Crippen LogP contribution in [-0.4, -0.2) is 35.2 Å². The van der Waals surface area contributed by atoms with Crippen LogP contribution in [0.4, 0.5) is 11.6 Å². The Morgan fingerprint density at radius 2 is 1.96 bits per heavy atom. The average molecular weight is 367 g/mol. The van der Waals surface area contributed by atoms with E-state index >= 15 is 0 Å². The van der Waals surface area contributed by atoms with Gasteiger partial charge >= 0.3 is 0 Å². The van der Waals surface area contributed by atoms with Crippen molar-refractivity contribution in [2.45, 2.75) is 19.4 Å². The van der Waals surface area contributed by atoms with Crippen LogP contribution < -0.4 is 15.0 Å². The molecule has 0 spiro atoms. The van der Waals surface area contributed by atoms with Crippen molar-refractivity contribution in [3.05, 3.63) is 47.7 Å². The van der Waals surface area contributed by atoms with Gasteiger partial charge in [0.15, 0.2) is 0 Å². The maximum absolute atomic E-state index is 5.20. The first-order chi connectivity index (χ1) is 12.8. The van der Waals surface area contributed by atoms with Crippen LogP contribution in [0, 0.1) is 0 Å². The molecule has 0 bridgehead atoms. The van der Waals surface area contributed by atoms with Crippen molar-refractivity contribution in [3.8, 4) is 16.3 Å². The van der Waals surface area contributed by atoms with E-state index in [1.807, 2.05) is 30.3 Å². The molecule has 1 aromatic carbocycles. The zero-order valence-electron chi connectivity index (χ0n) is 14.7. The Morgan fingerprint density at radius 1 is 1.15 bits per heavy atom. The molecule has 1 aliphatic heterocycles. The molecule has 1 fully saturated rings. The molecule has 3 heterocycles. The summed E-state index contributed by atoms with van der Waals surface area (Å²) in [4.78, 5) is 15.7. The molecule has 1 saturated heterocycles. The van der Waals surface area contributed by atoms with Gasteiger partial charge in [-0.05, 0) is 37.1 Å². The van der Waals surface area contributed by atoms with Crippen LogP contribution in [0.1, 0.15) is 18.5 Å². The number of thiazole rings is 1. The van der Waals surface area contributed by atoms with Gasteiger partial charge in [0.25, 0.3) is 0 Å². The Kier molecular flexibility index (Phi) is 4.97. The highest BCUT2D eigenvalue weighted by Gasteiger charge is 2.14. The summed E-state index contributed by atoms with van der Waals surface area (Å²) in [5.74, 6) is 2.68. The van der Waals surface area contributed by atoms with E-state index in [4.69, 9.17) is 9.72 Å². The fourth-order valence-corrected chi connectivity index (χ4v) is 3.82. The largest absolute Gasteiger partial charge is 0.497 e. The van der Waals surface area contributed by atoms with E-state index in [0.29, 0.717) is 6.54 Å². The molecule has 0 atom stereocenters. The van der Waals surface area contributed by atoms with E-state index in [2.05, 4.69) is 25.6 Å². The number of aromatic nitrogens is 3. The van der Waals surface area contributed by atoms with Gasteiger partial charge in [0, 0.05) is 30.1 Å². The highest BCUT2D eigenvalue weighted by molar-refractivity contribution is 7.13. The Balaban J connectivity index is 1.40. The van der Waals surface area contributed by atoms with Gasteiger partial charge in [0.2, 0.25) is 0 Å². The number of rotatable bonds is 6. The van der Waals surface area contributed by atoms with Crippen molar-refractivity contribution in [2.75, 3.05) is 30.4 Å². The second-order valence-electron chi connectivity index (χ2n) is 6.18. The summed E-state index contributed by atoms with van der Waals surface area (Å²) < 4.78 is 5.20. The summed E-state index contributed by atoms with van der Waals surface area (Å²) in [7, 11) is 1.67. The normalized spacial score (nSPS) is 13.8. The minimum Gasteiger partial charge on any atom is -0.497 e. The van der Waals surface area contributed by atoms with Crippen molar-refractivity contribution >= 4 is 23.0 Å². The first-order valence-corrected chi connectivity index (χ1v) is 9.59. The maximum atomic E-state index is 5.20. The number of nitrogens with one attached hydrogen (secondary N) is 1. The van der Waals surface area contributed by atoms with Crippen molar-refractivity contribution in [2.24, 2.45) is 0 Å². The predicted octanol–water partition coefficient (Wildman–Crippen LogP) is 3.82. The van der Waals surface area contributed by atoms with Crippen LogP contribution >= 0.6 is 11.3 Å². The van der Waals surface area contributed by atoms with E-state index in [1.54, 1.807) is 24.8 Å². The molecule has 134 valence electrons. The van der Waals surface area contributed by atoms with Gasteiger partial charge in [-0.3, -0.25) is 0 Å². The minimum absolute atomic E-state index is 0.642. The molecule has 0 amide bonds. The smallest absolute Gasteiger partial charge is 0.134 e. The van der Waals surface area contributed by atoms with Crippen molar-refractivity contribution in [1.29, 1.82) is 0 Å². The number of anilines is 2. The van der Waals surface area contributed by atoms with Crippen LogP contribution in [0.3, 0.4) is 0 Å². The van der Waals surface area contributed by atoms with Crippen LogP contribution in [0.5, 0.6) is 5.75 Å². The predicted molar refractivity (Wildman–Crippen MR) is 105 cm³/mol. The lowest BCUT2D eigenvalue weighted by Crippen LogP contribution is -2.19. The zero-order valence-corrected chi connectivity index (χ0v) is 15.5. The third-order valence-corrected chi connectivity index (χ3v) is 5.36. The monoisotopic (exact) mass is 367 g/mol. The molecule has 2 aromatic heterocycles. The fraction of sp³-hybridized carbons (Fsp3) is 0.316. The van der Waals surface area contributed by atoms with Gasteiger partial charge in [0.1, 0.15) is 28.7 Å². The van der Waals surface area contributed by atoms with Crippen LogP contribution in [0.15, 0.2) is 42.0 Å². The second-order valence-corrected chi connectivity index (χ2v) is 7.04. The zero-order chi connectivity index (χ0) is 17.8. The van der Waals surface area contributed by atoms with E-state index in [1.165, 1.54) is 12.8 Å². The Bertz CT molecular complexity index is 858. The molecule has 7 heteroatoms. The fourth-order valence-electron chi connectivity index (χ4n) is 3.00. The highest BCUT2D eigenvalue weighted by atomic mass is 32.1. The van der Waals surface area contributed by atoms with E-state index < -0.39 is 0 Å². The molecule has 3 aromatic rings. The maximum Gasteiger partial charge on any atom is 0.134 e. The first-order valence-electron chi connectivity index (χ1n) is 8.71. The molecule has 1 aliphatic rings. The molecule has 6 nitrogen and oxygen atoms in total. The molecular weight excluding hydrogens is 346 g/mol. The standard InChI is InChI=1S/C19H21N5OS/c1-25-16-6-4-14(5-7-16)19-23-15(12-26-19)11-20-17-10-18(22-13-21-17)24-8-2-3-9-24/h4-7,10,12-13H,2-3,8-9,11H2,1H3,(H,20,21,22). The number of ether oxygens (including phenoxy) is 1. The molecule has 0 radical (unpaired) electrons. The Morgan fingerprint density at radius 3 is 2.73 bits per heavy atom. The number of hydrogen-bond acceptors (Lipinski definition) is 7. The van der Waals surface area contributed by atoms with Crippen LogP contribution in [-0.2, 0) is 6.54 Å². The molecule has 26 heavy (non-hydrogen) atoms. The number of nitrogens with zero attached hydrogens (tertiary/aromatic N) is 4. The third-order valence-electron chi connectivity index (χ3n) is 4.42. The Labute approximate surface area is 156 Å². The van der Waals surface area contributed by atoms with E-state index in [9.17, 15) is 0 Å². The van der Waals surface area contributed by atoms with Crippen molar-refractivity contribution < 1.29 is 4.74 Å². The van der Waals surface area contributed by atoms with E-state index in [0.717, 1.165) is 46.7 Å². The number of benzene rings is 1. The second kappa shape index (κ2) is 7.70. The number of hydrogen-bond donors (Lipinski definition) is 1. The summed E-state index contributed by atoms with van der Waals surface area (Å²) in [6, 6.07) is 9.98. The molecule has 0 unspecified atom stereocenters. The molecular formula is C19H21N5OS. The summed E-state index contributed by atoms with van der Waals surface area (Å²) in [6.07, 6.45) is 4.10. The van der Waals surface area contributed by atoms with E-state index in [-0.39, 0.29) is 0 Å². The van der Waals surface area contributed by atoms with Crippen molar-refractivity contribution in [1.82, 2.24) is 15.0 Å². The SMILES string of the molecule is COc1ccc(-c2nc(CNc3cc(N4CCCC4)ncn3)cs2)cc1. The van der Waals surface area contributed by atoms with Gasteiger partial charge in [-0.25, -0.2) is 15.0 Å². The molecule has 0 saturated carbocycles. The molecule has 0 aliphatic carbocycles. The van der Waals surface area contributed by atoms with Gasteiger partial charge in [-0.1, -0.05) is 0 Å². The first kappa shape index (κ1) is 16.8. The van der Waals surface area contributed by atoms with Gasteiger partial charge < -0.3 is 15.0 Å². The average Bonchev–Trinajstić information content (AvgIpc) is 3.39. The highest BCUT2D eigenvalue weighted by Crippen LogP contribution is 2.26. The molecule has 4 rings (SSSR count). The van der Waals surface area contributed by atoms with Crippen molar-refractivity contribution in [3.63, 3.8) is 0 Å². The van der Waals surface area contributed by atoms with Crippen LogP contribution in [0.2, 0.25) is 0 Å². The topological polar surface area (TPSA) is 63.2 Å². The molecule has 1 N–H and O–H groups in total. The summed E-state index contributed by atoms with van der Waals surface area (Å²) in [6.45, 7) is 2.80. The van der Waals surface area contributed by atoms with Gasteiger partial charge in [-0.2, -0.15) is 0 Å². The van der Waals surface area contributed by atoms with Crippen LogP contribution in [0.25, 0.3) is 10.6 Å². The van der Waals surface area contributed by atoms with Gasteiger partial charge in [0.05, 0.1) is 19.3 Å². The summed E-state index contributed by atoms with van der Waals surface area (Å²) in [5.41, 5.74) is 2.10. The lowest BCUT2D eigenvalue weighted by Gasteiger charge is -2.16. The summed E-state index contributed by atoms with van der Waals surface area (Å²) >= 11 is 1.64. The van der Waals surface area contributed by atoms with Gasteiger partial charge in [-0.15, -0.1) is 11.3 Å². The quantitative estimate of drug-likeness (QED) is 0.715. The minimum atomic E-state index is 0.642. The Hall–Kier alpha value is -2.67. The third kappa shape index (κ3) is 3.77. The summed E-state index contributed by atoms with van der Waals surface area (Å²) in [5, 5.41) is 6.44.